The van der Waals surface area contributed by atoms with Gasteiger partial charge in [0.05, 0.1) is 21.0 Å². The Morgan fingerprint density at radius 1 is 0.500 bits per heavy atom. The van der Waals surface area contributed by atoms with Crippen LogP contribution >= 0.6 is 0 Å². The molecule has 4 aromatic carbocycles. The van der Waals surface area contributed by atoms with Gasteiger partial charge in [-0.25, -0.2) is 0 Å². The van der Waals surface area contributed by atoms with E-state index in [1.165, 1.54) is 36.4 Å². The topological polar surface area (TPSA) is 127 Å². The predicted octanol–water partition coefficient (Wildman–Crippen LogP) is 5.92. The second-order valence-corrected chi connectivity index (χ2v) is 7.01. The molecular formula is C24H16N2O6. The molecule has 32 heavy (non-hydrogen) atoms. The van der Waals surface area contributed by atoms with Gasteiger partial charge in [0.2, 0.25) is 0 Å². The van der Waals surface area contributed by atoms with Crippen molar-refractivity contribution in [1.82, 2.24) is 0 Å². The lowest BCUT2D eigenvalue weighted by atomic mass is 9.88. The van der Waals surface area contributed by atoms with Crippen LogP contribution in [-0.4, -0.2) is 20.1 Å². The van der Waals surface area contributed by atoms with E-state index >= 15 is 0 Å². The van der Waals surface area contributed by atoms with E-state index in [-0.39, 0.29) is 34.0 Å². The van der Waals surface area contributed by atoms with Crippen molar-refractivity contribution in [1.29, 1.82) is 0 Å². The summed E-state index contributed by atoms with van der Waals surface area (Å²) >= 11 is 0. The van der Waals surface area contributed by atoms with E-state index in [1.54, 1.807) is 48.5 Å². The maximum absolute atomic E-state index is 11.6. The first-order valence-corrected chi connectivity index (χ1v) is 9.51. The molecule has 0 aliphatic rings. The zero-order chi connectivity index (χ0) is 22.8. The summed E-state index contributed by atoms with van der Waals surface area (Å²) in [5, 5.41) is 43.2. The van der Waals surface area contributed by atoms with Gasteiger partial charge in [-0.3, -0.25) is 20.2 Å². The number of aromatic hydroxyl groups is 2. The summed E-state index contributed by atoms with van der Waals surface area (Å²) in [6.45, 7) is 0. The van der Waals surface area contributed by atoms with Gasteiger partial charge in [-0.05, 0) is 46.5 Å². The van der Waals surface area contributed by atoms with Crippen LogP contribution in [0.2, 0.25) is 0 Å². The molecule has 0 atom stereocenters. The van der Waals surface area contributed by atoms with Crippen LogP contribution in [0.4, 0.5) is 11.4 Å². The molecule has 0 spiro atoms. The van der Waals surface area contributed by atoms with Gasteiger partial charge < -0.3 is 10.2 Å². The van der Waals surface area contributed by atoms with Crippen LogP contribution in [0, 0.1) is 20.2 Å². The largest absolute Gasteiger partial charge is 0.508 e. The summed E-state index contributed by atoms with van der Waals surface area (Å²) in [5.41, 5.74) is 2.17. The first kappa shape index (κ1) is 20.5. The molecule has 0 radical (unpaired) electrons. The number of nitro groups is 2. The summed E-state index contributed by atoms with van der Waals surface area (Å²) in [5.74, 6) is -0.255. The lowest BCUT2D eigenvalue weighted by molar-refractivity contribution is -0.384. The highest BCUT2D eigenvalue weighted by Gasteiger charge is 2.23. The normalized spacial score (nSPS) is 10.6. The van der Waals surface area contributed by atoms with Gasteiger partial charge in [0.15, 0.2) is 0 Å². The average molecular weight is 428 g/mol. The molecule has 0 heterocycles. The van der Waals surface area contributed by atoms with E-state index in [9.17, 15) is 30.4 Å². The second kappa shape index (κ2) is 8.19. The summed E-state index contributed by atoms with van der Waals surface area (Å²) < 4.78 is 0. The minimum atomic E-state index is -0.530. The molecule has 4 aromatic rings. The van der Waals surface area contributed by atoms with Crippen molar-refractivity contribution >= 4 is 11.4 Å². The number of nitrogens with zero attached hydrogens (tertiary/aromatic N) is 2. The summed E-state index contributed by atoms with van der Waals surface area (Å²) in [7, 11) is 0. The van der Waals surface area contributed by atoms with Crippen LogP contribution in [0.1, 0.15) is 0 Å². The highest BCUT2D eigenvalue weighted by atomic mass is 16.6. The maximum Gasteiger partial charge on any atom is 0.277 e. The molecule has 8 nitrogen and oxygen atoms in total. The number of hydrogen-bond donors (Lipinski definition) is 2. The van der Waals surface area contributed by atoms with E-state index in [4.69, 9.17) is 0 Å². The van der Waals surface area contributed by atoms with Gasteiger partial charge in [-0.1, -0.05) is 48.5 Å². The molecule has 0 aliphatic carbocycles. The number of nitro benzene ring substituents is 2. The number of rotatable bonds is 5. The Balaban J connectivity index is 2.02. The van der Waals surface area contributed by atoms with Crippen molar-refractivity contribution in [3.63, 3.8) is 0 Å². The first-order valence-electron chi connectivity index (χ1n) is 9.51. The fourth-order valence-electron chi connectivity index (χ4n) is 3.70. The first-order chi connectivity index (χ1) is 15.4. The maximum atomic E-state index is 11.6. The number of phenols is 2. The highest BCUT2D eigenvalue weighted by molar-refractivity contribution is 5.95. The van der Waals surface area contributed by atoms with Crippen molar-refractivity contribution in [2.75, 3.05) is 0 Å². The Morgan fingerprint density at radius 2 is 0.812 bits per heavy atom. The number of benzene rings is 4. The van der Waals surface area contributed by atoms with Gasteiger partial charge in [0.1, 0.15) is 11.5 Å². The Hall–Kier alpha value is -4.72. The lowest BCUT2D eigenvalue weighted by Crippen LogP contribution is -1.96. The molecule has 0 unspecified atom stereocenters. The molecular weight excluding hydrogens is 412 g/mol. The van der Waals surface area contributed by atoms with Crippen molar-refractivity contribution in [3.05, 3.63) is 105 Å². The molecule has 2 N–H and O–H groups in total. The van der Waals surface area contributed by atoms with Crippen LogP contribution in [0.5, 0.6) is 11.5 Å². The van der Waals surface area contributed by atoms with Gasteiger partial charge >= 0.3 is 0 Å². The van der Waals surface area contributed by atoms with E-state index < -0.39 is 9.85 Å². The zero-order valence-corrected chi connectivity index (χ0v) is 16.5. The summed E-state index contributed by atoms with van der Waals surface area (Å²) in [6, 6.07) is 21.4. The number of hydrogen-bond acceptors (Lipinski definition) is 6. The van der Waals surface area contributed by atoms with Crippen molar-refractivity contribution in [2.24, 2.45) is 0 Å². The molecule has 0 aromatic heterocycles. The minimum Gasteiger partial charge on any atom is -0.508 e. The van der Waals surface area contributed by atoms with Crippen molar-refractivity contribution in [3.8, 4) is 44.9 Å². The molecule has 0 bridgehead atoms. The third kappa shape index (κ3) is 3.72. The molecule has 0 saturated heterocycles. The molecule has 0 amide bonds. The molecule has 0 saturated carbocycles. The molecule has 0 fully saturated rings. The van der Waals surface area contributed by atoms with Crippen molar-refractivity contribution < 1.29 is 20.1 Å². The van der Waals surface area contributed by atoms with Crippen LogP contribution in [0.25, 0.3) is 33.4 Å². The van der Waals surface area contributed by atoms with E-state index in [1.807, 2.05) is 0 Å². The Morgan fingerprint density at radius 3 is 1.12 bits per heavy atom. The van der Waals surface area contributed by atoms with Gasteiger partial charge in [-0.2, -0.15) is 0 Å². The van der Waals surface area contributed by atoms with E-state index in [0.29, 0.717) is 22.3 Å². The Labute approximate surface area is 181 Å². The number of phenolic OH excluding ortho intramolecular Hbond substituents is 2. The van der Waals surface area contributed by atoms with Gasteiger partial charge in [0, 0.05) is 12.1 Å². The average Bonchev–Trinajstić information content (AvgIpc) is 2.78. The van der Waals surface area contributed by atoms with Crippen LogP contribution in [0.15, 0.2) is 84.9 Å². The quantitative estimate of drug-likeness (QED) is 0.300. The fraction of sp³-hybridized carbons (Fsp3) is 0. The van der Waals surface area contributed by atoms with Crippen LogP contribution < -0.4 is 0 Å². The highest BCUT2D eigenvalue weighted by Crippen LogP contribution is 2.44. The Kier molecular flexibility index (Phi) is 5.26. The molecule has 158 valence electrons. The van der Waals surface area contributed by atoms with E-state index in [2.05, 4.69) is 0 Å². The standard InChI is InChI=1S/C24H16N2O6/c27-15-9-11-23(25(29)30)21(13-15)19-7-3-1-5-17(19)18-6-2-4-8-20(18)22-14-16(28)10-12-24(22)26(31)32/h1-14,27-28H. The predicted molar refractivity (Wildman–Crippen MR) is 119 cm³/mol. The molecule has 0 aliphatic heterocycles. The smallest absolute Gasteiger partial charge is 0.277 e. The van der Waals surface area contributed by atoms with Crippen LogP contribution in [-0.2, 0) is 0 Å². The van der Waals surface area contributed by atoms with Gasteiger partial charge in [-0.15, -0.1) is 0 Å². The monoisotopic (exact) mass is 428 g/mol. The minimum absolute atomic E-state index is 0.127. The lowest BCUT2D eigenvalue weighted by Gasteiger charge is -2.15. The van der Waals surface area contributed by atoms with E-state index in [0.717, 1.165) is 0 Å². The second-order valence-electron chi connectivity index (χ2n) is 7.01. The summed E-state index contributed by atoms with van der Waals surface area (Å²) in [6.07, 6.45) is 0. The van der Waals surface area contributed by atoms with Gasteiger partial charge in [0.25, 0.3) is 11.4 Å². The Bertz CT molecular complexity index is 1260. The zero-order valence-electron chi connectivity index (χ0n) is 16.5. The van der Waals surface area contributed by atoms with Crippen LogP contribution in [0.3, 0.4) is 0 Å². The molecule has 8 heteroatoms. The van der Waals surface area contributed by atoms with Crippen molar-refractivity contribution in [2.45, 2.75) is 0 Å². The SMILES string of the molecule is O=[N+]([O-])c1ccc(O)cc1-c1ccccc1-c1ccccc1-c1cc(O)ccc1[N+](=O)[O-]. The third-order valence-corrected chi connectivity index (χ3v) is 5.08. The molecule has 4 rings (SSSR count). The fourth-order valence-corrected chi connectivity index (χ4v) is 3.70. The summed E-state index contributed by atoms with van der Waals surface area (Å²) in [4.78, 5) is 22.2. The third-order valence-electron chi connectivity index (χ3n) is 5.08.